The van der Waals surface area contributed by atoms with Gasteiger partial charge in [-0.15, -0.1) is 0 Å². The number of nitrogens with zero attached hydrogens (tertiary/aromatic N) is 1. The van der Waals surface area contributed by atoms with Crippen LogP contribution in [0.15, 0.2) is 71.9 Å². The molecule has 0 fully saturated rings. The summed E-state index contributed by atoms with van der Waals surface area (Å²) in [7, 11) is 0. The highest BCUT2D eigenvalue weighted by Crippen LogP contribution is 2.09. The highest BCUT2D eigenvalue weighted by molar-refractivity contribution is 6.03. The van der Waals surface area contributed by atoms with Crippen molar-refractivity contribution in [2.45, 2.75) is 41.0 Å². The topological polar surface area (TPSA) is 32.6 Å². The van der Waals surface area contributed by atoms with E-state index in [0.29, 0.717) is 12.1 Å². The smallest absolute Gasteiger partial charge is 0.0911 e. The molecule has 0 heterocycles. The minimum atomic E-state index is 0.599. The van der Waals surface area contributed by atoms with Crippen molar-refractivity contribution in [3.8, 4) is 0 Å². The summed E-state index contributed by atoms with van der Waals surface area (Å²) in [4.78, 5) is 0. The Balaban J connectivity index is 0. The molecule has 2 nitrogen and oxygen atoms in total. The summed E-state index contributed by atoms with van der Waals surface area (Å²) < 4.78 is 0. The van der Waals surface area contributed by atoms with Gasteiger partial charge in [0.2, 0.25) is 0 Å². The van der Waals surface area contributed by atoms with Gasteiger partial charge in [-0.3, -0.25) is 0 Å². The quantitative estimate of drug-likeness (QED) is 0.315. The molecular formula is C19H29NO. The third kappa shape index (κ3) is 9.44. The summed E-state index contributed by atoms with van der Waals surface area (Å²) in [5, 5.41) is 12.5. The Kier molecular flexibility index (Phi) is 16.1. The van der Waals surface area contributed by atoms with E-state index in [1.165, 1.54) is 0 Å². The van der Waals surface area contributed by atoms with Crippen LogP contribution in [0.3, 0.4) is 0 Å². The SMILES string of the molecule is C=C/C=C(\C=C/C)C(/Cc1ccccc1)=N/O.CC.CC. The number of allylic oxidation sites excluding steroid dienone is 5. The Morgan fingerprint density at radius 3 is 2.14 bits per heavy atom. The highest BCUT2D eigenvalue weighted by Gasteiger charge is 2.05. The predicted molar refractivity (Wildman–Crippen MR) is 95.2 cm³/mol. The van der Waals surface area contributed by atoms with Crippen LogP contribution in [0, 0.1) is 0 Å². The van der Waals surface area contributed by atoms with Crippen molar-refractivity contribution in [2.75, 3.05) is 0 Å². The van der Waals surface area contributed by atoms with E-state index in [1.54, 1.807) is 6.08 Å². The zero-order valence-electron chi connectivity index (χ0n) is 14.0. The molecule has 0 spiro atoms. The van der Waals surface area contributed by atoms with Crippen molar-refractivity contribution in [2.24, 2.45) is 5.16 Å². The molecule has 0 aliphatic carbocycles. The molecular weight excluding hydrogens is 258 g/mol. The first kappa shape index (κ1) is 21.2. The van der Waals surface area contributed by atoms with Crippen LogP contribution in [0.25, 0.3) is 0 Å². The van der Waals surface area contributed by atoms with Gasteiger partial charge in [-0.2, -0.15) is 0 Å². The zero-order chi connectivity index (χ0) is 16.5. The molecule has 0 aliphatic heterocycles. The van der Waals surface area contributed by atoms with Crippen molar-refractivity contribution in [1.29, 1.82) is 0 Å². The van der Waals surface area contributed by atoms with E-state index in [0.717, 1.165) is 11.1 Å². The van der Waals surface area contributed by atoms with Crippen molar-refractivity contribution in [3.05, 3.63) is 72.4 Å². The molecule has 1 rings (SSSR count). The van der Waals surface area contributed by atoms with Crippen LogP contribution in [0.4, 0.5) is 0 Å². The average molecular weight is 287 g/mol. The predicted octanol–water partition coefficient (Wildman–Crippen LogP) is 5.80. The first-order valence-electron chi connectivity index (χ1n) is 7.52. The molecule has 0 atom stereocenters. The monoisotopic (exact) mass is 287 g/mol. The maximum Gasteiger partial charge on any atom is 0.0911 e. The summed E-state index contributed by atoms with van der Waals surface area (Å²) in [5.74, 6) is 0. The van der Waals surface area contributed by atoms with E-state index >= 15 is 0 Å². The van der Waals surface area contributed by atoms with Crippen LogP contribution in [0.2, 0.25) is 0 Å². The lowest BCUT2D eigenvalue weighted by molar-refractivity contribution is 0.318. The molecule has 0 aromatic heterocycles. The van der Waals surface area contributed by atoms with Crippen LogP contribution < -0.4 is 0 Å². The van der Waals surface area contributed by atoms with Crippen molar-refractivity contribution in [3.63, 3.8) is 0 Å². The maximum atomic E-state index is 9.09. The molecule has 1 aromatic rings. The Morgan fingerprint density at radius 1 is 1.14 bits per heavy atom. The summed E-state index contributed by atoms with van der Waals surface area (Å²) >= 11 is 0. The van der Waals surface area contributed by atoms with E-state index < -0.39 is 0 Å². The Labute approximate surface area is 130 Å². The minimum absolute atomic E-state index is 0.599. The lowest BCUT2D eigenvalue weighted by Gasteiger charge is -2.05. The van der Waals surface area contributed by atoms with Crippen LogP contribution in [-0.2, 0) is 6.42 Å². The van der Waals surface area contributed by atoms with Gasteiger partial charge < -0.3 is 5.21 Å². The van der Waals surface area contributed by atoms with Gasteiger partial charge in [-0.25, -0.2) is 0 Å². The number of hydrogen-bond acceptors (Lipinski definition) is 2. The largest absolute Gasteiger partial charge is 0.411 e. The summed E-state index contributed by atoms with van der Waals surface area (Å²) in [6, 6.07) is 9.91. The van der Waals surface area contributed by atoms with Gasteiger partial charge in [0.05, 0.1) is 5.71 Å². The standard InChI is InChI=1S/C15H17NO.2C2H6/c1-3-8-14(9-4-2)15(16-17)12-13-10-6-5-7-11-13;2*1-2/h3-11,17H,1,12H2,2H3;2*1-2H3/b9-4-,14-8+,16-15+;;. The van der Waals surface area contributed by atoms with Crippen LogP contribution in [0.1, 0.15) is 40.2 Å². The fourth-order valence-electron chi connectivity index (χ4n) is 1.54. The lowest BCUT2D eigenvalue weighted by Crippen LogP contribution is -2.05. The summed E-state index contributed by atoms with van der Waals surface area (Å²) in [6.07, 6.45) is 7.93. The van der Waals surface area contributed by atoms with Gasteiger partial charge in [-0.05, 0) is 18.1 Å². The molecule has 116 valence electrons. The fraction of sp³-hybridized carbons (Fsp3) is 0.316. The van der Waals surface area contributed by atoms with E-state index in [-0.39, 0.29) is 0 Å². The highest BCUT2D eigenvalue weighted by atomic mass is 16.4. The fourth-order valence-corrected chi connectivity index (χ4v) is 1.54. The first-order valence-corrected chi connectivity index (χ1v) is 7.52. The van der Waals surface area contributed by atoms with Gasteiger partial charge in [0.15, 0.2) is 0 Å². The van der Waals surface area contributed by atoms with Gasteiger partial charge in [-0.1, -0.05) is 94.1 Å². The Morgan fingerprint density at radius 2 is 1.71 bits per heavy atom. The van der Waals surface area contributed by atoms with Crippen molar-refractivity contribution < 1.29 is 5.21 Å². The van der Waals surface area contributed by atoms with E-state index in [2.05, 4.69) is 11.7 Å². The third-order valence-electron chi connectivity index (χ3n) is 2.31. The second-order valence-corrected chi connectivity index (χ2v) is 3.57. The molecule has 0 radical (unpaired) electrons. The van der Waals surface area contributed by atoms with Gasteiger partial charge in [0.25, 0.3) is 0 Å². The number of oxime groups is 1. The Hall–Kier alpha value is -2.09. The average Bonchev–Trinajstić information content (AvgIpc) is 2.57. The second kappa shape index (κ2) is 16.0. The molecule has 2 heteroatoms. The van der Waals surface area contributed by atoms with E-state index in [9.17, 15) is 0 Å². The van der Waals surface area contributed by atoms with Gasteiger partial charge >= 0.3 is 0 Å². The summed E-state index contributed by atoms with van der Waals surface area (Å²) in [5.41, 5.74) is 2.61. The lowest BCUT2D eigenvalue weighted by atomic mass is 10.0. The molecule has 0 bridgehead atoms. The van der Waals surface area contributed by atoms with Crippen LogP contribution in [-0.4, -0.2) is 10.9 Å². The molecule has 1 aromatic carbocycles. The molecule has 0 unspecified atom stereocenters. The molecule has 0 amide bonds. The first-order chi connectivity index (χ1) is 10.3. The van der Waals surface area contributed by atoms with E-state index in [1.807, 2.05) is 83.2 Å². The number of rotatable bonds is 5. The van der Waals surface area contributed by atoms with Gasteiger partial charge in [0, 0.05) is 6.42 Å². The molecule has 1 N–H and O–H groups in total. The van der Waals surface area contributed by atoms with Crippen molar-refractivity contribution >= 4 is 5.71 Å². The van der Waals surface area contributed by atoms with E-state index in [4.69, 9.17) is 5.21 Å². The van der Waals surface area contributed by atoms with Gasteiger partial charge in [0.1, 0.15) is 0 Å². The maximum absolute atomic E-state index is 9.09. The molecule has 0 saturated carbocycles. The molecule has 21 heavy (non-hydrogen) atoms. The van der Waals surface area contributed by atoms with Crippen LogP contribution >= 0.6 is 0 Å². The Bertz CT molecular complexity index is 442. The van der Waals surface area contributed by atoms with Crippen molar-refractivity contribution in [1.82, 2.24) is 0 Å². The number of benzene rings is 1. The van der Waals surface area contributed by atoms with Crippen LogP contribution in [0.5, 0.6) is 0 Å². The number of hydrogen-bond donors (Lipinski definition) is 1. The minimum Gasteiger partial charge on any atom is -0.411 e. The molecule has 0 aliphatic rings. The third-order valence-corrected chi connectivity index (χ3v) is 2.31. The molecule has 0 saturated heterocycles. The summed E-state index contributed by atoms with van der Waals surface area (Å²) in [6.45, 7) is 13.6. The second-order valence-electron chi connectivity index (χ2n) is 3.57. The normalized spacial score (nSPS) is 11.1. The zero-order valence-corrected chi connectivity index (χ0v) is 14.0.